The van der Waals surface area contributed by atoms with Gasteiger partial charge < -0.3 is 10.1 Å². The molecule has 1 heterocycles. The van der Waals surface area contributed by atoms with Crippen LogP contribution in [0.15, 0.2) is 23.3 Å². The van der Waals surface area contributed by atoms with Gasteiger partial charge in [-0.1, -0.05) is 19.1 Å². The molecule has 0 aromatic heterocycles. The van der Waals surface area contributed by atoms with Crippen molar-refractivity contribution in [2.75, 3.05) is 13.6 Å². The molecule has 0 amide bonds. The van der Waals surface area contributed by atoms with E-state index in [9.17, 15) is 4.79 Å². The summed E-state index contributed by atoms with van der Waals surface area (Å²) < 4.78 is 5.54. The Morgan fingerprint density at radius 2 is 2.18 bits per heavy atom. The van der Waals surface area contributed by atoms with E-state index in [0.717, 1.165) is 37.8 Å². The van der Waals surface area contributed by atoms with E-state index in [1.54, 1.807) is 0 Å². The lowest BCUT2D eigenvalue weighted by Crippen LogP contribution is -2.37. The van der Waals surface area contributed by atoms with Gasteiger partial charge in [0.15, 0.2) is 0 Å². The molecule has 1 aliphatic carbocycles. The van der Waals surface area contributed by atoms with Crippen molar-refractivity contribution in [1.29, 1.82) is 0 Å². The molecule has 1 saturated heterocycles. The van der Waals surface area contributed by atoms with Gasteiger partial charge in [0.25, 0.3) is 0 Å². The second-order valence-corrected chi connectivity index (χ2v) is 4.71. The average molecular weight is 235 g/mol. The number of carbonyl (C=O) groups excluding carboxylic acids is 1. The number of ether oxygens (including phenoxy) is 1. The second-order valence-electron chi connectivity index (χ2n) is 4.71. The Balaban J connectivity index is 2.22. The van der Waals surface area contributed by atoms with Crippen molar-refractivity contribution in [2.45, 2.75) is 38.7 Å². The first-order valence-electron chi connectivity index (χ1n) is 6.54. The fraction of sp³-hybridized carbons (Fsp3) is 0.643. The summed E-state index contributed by atoms with van der Waals surface area (Å²) in [5, 5.41) is 3.18. The molecule has 2 atom stereocenters. The standard InChI is InChI=1S/C14H21NO2/c1-3-13-11(8-9-15-2)10-6-4-5-7-12(10)14(16)17-13/h6-7,11,13,15H,3-5,8-9H2,1-2H3. The van der Waals surface area contributed by atoms with Crippen LogP contribution in [0, 0.1) is 5.92 Å². The first kappa shape index (κ1) is 12.4. The summed E-state index contributed by atoms with van der Waals surface area (Å²) in [6, 6.07) is 0. The number of allylic oxidation sites excluding steroid dienone is 2. The first-order chi connectivity index (χ1) is 8.27. The number of cyclic esters (lactones) is 1. The molecule has 0 saturated carbocycles. The lowest BCUT2D eigenvalue weighted by Gasteiger charge is -2.35. The van der Waals surface area contributed by atoms with E-state index in [4.69, 9.17) is 4.74 Å². The number of hydrogen-bond acceptors (Lipinski definition) is 3. The molecule has 0 spiro atoms. The zero-order valence-electron chi connectivity index (χ0n) is 10.7. The topological polar surface area (TPSA) is 38.3 Å². The molecule has 1 aliphatic heterocycles. The lowest BCUT2D eigenvalue weighted by molar-refractivity contribution is -0.149. The third-order valence-electron chi connectivity index (χ3n) is 3.62. The molecule has 1 N–H and O–H groups in total. The quantitative estimate of drug-likeness (QED) is 0.759. The van der Waals surface area contributed by atoms with Gasteiger partial charge in [0.05, 0.1) is 5.57 Å². The zero-order chi connectivity index (χ0) is 12.3. The third kappa shape index (κ3) is 2.44. The van der Waals surface area contributed by atoms with Gasteiger partial charge in [-0.2, -0.15) is 0 Å². The van der Waals surface area contributed by atoms with Gasteiger partial charge in [-0.25, -0.2) is 4.79 Å². The zero-order valence-corrected chi connectivity index (χ0v) is 10.7. The van der Waals surface area contributed by atoms with Gasteiger partial charge in [0, 0.05) is 5.92 Å². The Morgan fingerprint density at radius 3 is 2.88 bits per heavy atom. The highest BCUT2D eigenvalue weighted by molar-refractivity contribution is 5.95. The maximum atomic E-state index is 11.9. The largest absolute Gasteiger partial charge is 0.458 e. The van der Waals surface area contributed by atoms with Crippen molar-refractivity contribution in [3.8, 4) is 0 Å². The molecule has 94 valence electrons. The van der Waals surface area contributed by atoms with Gasteiger partial charge in [0.2, 0.25) is 0 Å². The number of nitrogens with one attached hydrogen (secondary N) is 1. The van der Waals surface area contributed by atoms with E-state index < -0.39 is 0 Å². The van der Waals surface area contributed by atoms with E-state index in [1.807, 2.05) is 13.1 Å². The molecule has 0 aromatic rings. The van der Waals surface area contributed by atoms with Gasteiger partial charge in [-0.3, -0.25) is 0 Å². The molecule has 2 unspecified atom stereocenters. The van der Waals surface area contributed by atoms with Gasteiger partial charge in [-0.05, 0) is 44.8 Å². The van der Waals surface area contributed by atoms with E-state index >= 15 is 0 Å². The summed E-state index contributed by atoms with van der Waals surface area (Å²) in [5.74, 6) is 0.250. The Morgan fingerprint density at radius 1 is 1.41 bits per heavy atom. The maximum Gasteiger partial charge on any atom is 0.338 e. The van der Waals surface area contributed by atoms with Crippen molar-refractivity contribution >= 4 is 5.97 Å². The number of carbonyl (C=O) groups is 1. The van der Waals surface area contributed by atoms with Crippen molar-refractivity contribution in [3.63, 3.8) is 0 Å². The Labute approximate surface area is 103 Å². The molecule has 3 heteroatoms. The molecule has 1 fully saturated rings. The lowest BCUT2D eigenvalue weighted by atomic mass is 9.79. The molecule has 0 bridgehead atoms. The minimum absolute atomic E-state index is 0.0531. The highest BCUT2D eigenvalue weighted by Gasteiger charge is 2.37. The maximum absolute atomic E-state index is 11.9. The number of fused-ring (bicyclic) bond motifs is 1. The first-order valence-corrected chi connectivity index (χ1v) is 6.54. The van der Waals surface area contributed by atoms with Crippen molar-refractivity contribution in [1.82, 2.24) is 5.32 Å². The highest BCUT2D eigenvalue weighted by atomic mass is 16.5. The van der Waals surface area contributed by atoms with Crippen LogP contribution in [-0.2, 0) is 9.53 Å². The van der Waals surface area contributed by atoms with Gasteiger partial charge in [0.1, 0.15) is 6.10 Å². The second kappa shape index (κ2) is 5.50. The summed E-state index contributed by atoms with van der Waals surface area (Å²) in [6.45, 7) is 3.05. The van der Waals surface area contributed by atoms with Crippen LogP contribution in [0.3, 0.4) is 0 Å². The highest BCUT2D eigenvalue weighted by Crippen LogP contribution is 2.37. The Hall–Kier alpha value is -1.09. The minimum Gasteiger partial charge on any atom is -0.458 e. The van der Waals surface area contributed by atoms with E-state index in [2.05, 4.69) is 18.3 Å². The fourth-order valence-corrected chi connectivity index (χ4v) is 2.74. The molecule has 0 radical (unpaired) electrons. The Kier molecular flexibility index (Phi) is 4.00. The Bertz CT molecular complexity index is 357. The predicted octanol–water partition coefficient (Wildman–Crippen LogP) is 2.19. The van der Waals surface area contributed by atoms with Crippen molar-refractivity contribution in [2.24, 2.45) is 5.92 Å². The predicted molar refractivity (Wildman–Crippen MR) is 67.6 cm³/mol. The molecular weight excluding hydrogens is 214 g/mol. The summed E-state index contributed by atoms with van der Waals surface area (Å²) in [6.07, 6.45) is 8.27. The molecule has 3 nitrogen and oxygen atoms in total. The number of esters is 1. The molecule has 2 rings (SSSR count). The summed E-state index contributed by atoms with van der Waals surface area (Å²) >= 11 is 0. The summed E-state index contributed by atoms with van der Waals surface area (Å²) in [4.78, 5) is 11.9. The van der Waals surface area contributed by atoms with Crippen LogP contribution in [0.25, 0.3) is 0 Å². The monoisotopic (exact) mass is 235 g/mol. The van der Waals surface area contributed by atoms with Crippen LogP contribution < -0.4 is 5.32 Å². The normalized spacial score (nSPS) is 28.0. The van der Waals surface area contributed by atoms with Gasteiger partial charge in [-0.15, -0.1) is 0 Å². The minimum atomic E-state index is -0.122. The van der Waals surface area contributed by atoms with Crippen LogP contribution in [0.1, 0.15) is 32.6 Å². The molecular formula is C14H21NO2. The molecule has 2 aliphatic rings. The average Bonchev–Trinajstić information content (AvgIpc) is 2.37. The van der Waals surface area contributed by atoms with Gasteiger partial charge >= 0.3 is 5.97 Å². The van der Waals surface area contributed by atoms with E-state index in [0.29, 0.717) is 5.92 Å². The SMILES string of the molecule is CCC1OC(=O)C2=CCCC=C2C1CCNC. The van der Waals surface area contributed by atoms with Crippen LogP contribution in [-0.4, -0.2) is 25.7 Å². The fourth-order valence-electron chi connectivity index (χ4n) is 2.74. The number of rotatable bonds is 4. The molecule has 0 aromatic carbocycles. The summed E-state index contributed by atoms with van der Waals surface area (Å²) in [7, 11) is 1.96. The smallest absolute Gasteiger partial charge is 0.338 e. The van der Waals surface area contributed by atoms with E-state index in [1.165, 1.54) is 5.57 Å². The van der Waals surface area contributed by atoms with E-state index in [-0.39, 0.29) is 12.1 Å². The van der Waals surface area contributed by atoms with Crippen LogP contribution in [0.2, 0.25) is 0 Å². The van der Waals surface area contributed by atoms with Crippen molar-refractivity contribution < 1.29 is 9.53 Å². The van der Waals surface area contributed by atoms with Crippen LogP contribution >= 0.6 is 0 Å². The summed E-state index contributed by atoms with van der Waals surface area (Å²) in [5.41, 5.74) is 2.05. The van der Waals surface area contributed by atoms with Crippen LogP contribution in [0.5, 0.6) is 0 Å². The molecule has 17 heavy (non-hydrogen) atoms. The number of hydrogen-bond donors (Lipinski definition) is 1. The third-order valence-corrected chi connectivity index (χ3v) is 3.62. The van der Waals surface area contributed by atoms with Crippen molar-refractivity contribution in [3.05, 3.63) is 23.3 Å². The van der Waals surface area contributed by atoms with Crippen LogP contribution in [0.4, 0.5) is 0 Å².